The van der Waals surface area contributed by atoms with E-state index in [9.17, 15) is 9.59 Å². The minimum Gasteiger partial charge on any atom is -0.360 e. The fourth-order valence-electron chi connectivity index (χ4n) is 2.45. The molecule has 110 valence electrons. The largest absolute Gasteiger partial charge is 0.360 e. The predicted octanol–water partition coefficient (Wildman–Crippen LogP) is 2.15. The highest BCUT2D eigenvalue weighted by Gasteiger charge is 2.20. The molecular weight excluding hydrogens is 258 g/mol. The minimum absolute atomic E-state index is 0.104. The highest BCUT2D eigenvalue weighted by atomic mass is 16.5. The summed E-state index contributed by atoms with van der Waals surface area (Å²) < 4.78 is 4.83. The zero-order valence-electron chi connectivity index (χ0n) is 11.8. The number of amides is 2. The summed E-state index contributed by atoms with van der Waals surface area (Å²) in [6.07, 6.45) is 7.79. The van der Waals surface area contributed by atoms with Gasteiger partial charge < -0.3 is 9.84 Å². The lowest BCUT2D eigenvalue weighted by Gasteiger charge is -2.20. The van der Waals surface area contributed by atoms with Crippen LogP contribution < -0.4 is 10.6 Å². The second-order valence-corrected chi connectivity index (χ2v) is 5.29. The van der Waals surface area contributed by atoms with Crippen LogP contribution in [-0.4, -0.2) is 23.0 Å². The van der Waals surface area contributed by atoms with Crippen molar-refractivity contribution < 1.29 is 14.1 Å². The fraction of sp³-hybridized carbons (Fsp3) is 0.643. The van der Waals surface area contributed by atoms with Gasteiger partial charge in [-0.3, -0.25) is 14.9 Å². The monoisotopic (exact) mass is 279 g/mol. The van der Waals surface area contributed by atoms with Crippen LogP contribution in [0.2, 0.25) is 0 Å². The zero-order valence-corrected chi connectivity index (χ0v) is 11.8. The maximum Gasteiger partial charge on any atom is 0.314 e. The third-order valence-corrected chi connectivity index (χ3v) is 3.52. The Morgan fingerprint density at radius 1 is 1.15 bits per heavy atom. The summed E-state index contributed by atoms with van der Waals surface area (Å²) in [5.41, 5.74) is 0. The van der Waals surface area contributed by atoms with Crippen LogP contribution in [0.3, 0.4) is 0 Å². The van der Waals surface area contributed by atoms with Gasteiger partial charge in [-0.25, -0.2) is 0 Å². The maximum atomic E-state index is 11.8. The number of nitrogens with one attached hydrogen (secondary N) is 2. The van der Waals surface area contributed by atoms with Crippen molar-refractivity contribution in [2.45, 2.75) is 57.9 Å². The van der Waals surface area contributed by atoms with Gasteiger partial charge >= 0.3 is 11.8 Å². The summed E-state index contributed by atoms with van der Waals surface area (Å²) >= 11 is 0. The number of nitrogens with zero attached hydrogens (tertiary/aromatic N) is 1. The Kier molecular flexibility index (Phi) is 5.15. The lowest BCUT2D eigenvalue weighted by atomic mass is 9.97. The number of aromatic nitrogens is 1. The van der Waals surface area contributed by atoms with E-state index in [-0.39, 0.29) is 11.9 Å². The number of aryl methyl sites for hydroxylation is 1. The first-order chi connectivity index (χ1) is 9.65. The second kappa shape index (κ2) is 7.07. The van der Waals surface area contributed by atoms with Gasteiger partial charge in [-0.2, -0.15) is 0 Å². The topological polar surface area (TPSA) is 84.2 Å². The molecule has 0 saturated heterocycles. The minimum atomic E-state index is -0.694. The molecule has 1 aliphatic rings. The molecule has 1 aliphatic carbocycles. The highest BCUT2D eigenvalue weighted by molar-refractivity contribution is 6.39. The standard InChI is InChI=1S/C14H21N3O3/c1-10-9-12(17-20-10)16-14(19)13(18)15-11-7-5-3-2-4-6-8-11/h9,11H,2-8H2,1H3,(H,15,18)(H,16,17,19). The molecule has 1 aromatic heterocycles. The molecule has 0 aromatic carbocycles. The van der Waals surface area contributed by atoms with E-state index in [1.807, 2.05) is 0 Å². The van der Waals surface area contributed by atoms with Crippen molar-refractivity contribution in [3.8, 4) is 0 Å². The molecule has 20 heavy (non-hydrogen) atoms. The zero-order chi connectivity index (χ0) is 14.4. The molecule has 2 N–H and O–H groups in total. The van der Waals surface area contributed by atoms with E-state index in [0.717, 1.165) is 25.7 Å². The second-order valence-electron chi connectivity index (χ2n) is 5.29. The molecule has 0 atom stereocenters. The summed E-state index contributed by atoms with van der Waals surface area (Å²) in [4.78, 5) is 23.6. The van der Waals surface area contributed by atoms with Crippen molar-refractivity contribution in [3.63, 3.8) is 0 Å². The van der Waals surface area contributed by atoms with Crippen LogP contribution in [0.25, 0.3) is 0 Å². The van der Waals surface area contributed by atoms with Crippen LogP contribution in [-0.2, 0) is 9.59 Å². The molecule has 0 radical (unpaired) electrons. The molecule has 1 fully saturated rings. The molecule has 0 bridgehead atoms. The van der Waals surface area contributed by atoms with Gasteiger partial charge in [0, 0.05) is 12.1 Å². The molecule has 2 rings (SSSR count). The van der Waals surface area contributed by atoms with E-state index >= 15 is 0 Å². The molecule has 6 heteroatoms. The lowest BCUT2D eigenvalue weighted by Crippen LogP contribution is -2.42. The van der Waals surface area contributed by atoms with E-state index < -0.39 is 11.8 Å². The Morgan fingerprint density at radius 2 is 1.80 bits per heavy atom. The number of anilines is 1. The van der Waals surface area contributed by atoms with Crippen molar-refractivity contribution in [1.82, 2.24) is 10.5 Å². The van der Waals surface area contributed by atoms with Crippen LogP contribution in [0.4, 0.5) is 5.82 Å². The Hall–Kier alpha value is -1.85. The molecular formula is C14H21N3O3. The highest BCUT2D eigenvalue weighted by Crippen LogP contribution is 2.17. The third kappa shape index (κ3) is 4.36. The van der Waals surface area contributed by atoms with Gasteiger partial charge in [0.25, 0.3) is 0 Å². The molecule has 0 aliphatic heterocycles. The van der Waals surface area contributed by atoms with Crippen molar-refractivity contribution in [2.24, 2.45) is 0 Å². The first-order valence-electron chi connectivity index (χ1n) is 7.20. The molecule has 6 nitrogen and oxygen atoms in total. The van der Waals surface area contributed by atoms with Crippen molar-refractivity contribution >= 4 is 17.6 Å². The van der Waals surface area contributed by atoms with Crippen molar-refractivity contribution in [1.29, 1.82) is 0 Å². The van der Waals surface area contributed by atoms with Gasteiger partial charge in [0.15, 0.2) is 5.82 Å². The average Bonchev–Trinajstić information content (AvgIpc) is 2.77. The molecule has 1 saturated carbocycles. The Bertz CT molecular complexity index is 462. The van der Waals surface area contributed by atoms with Gasteiger partial charge in [0.1, 0.15) is 5.76 Å². The van der Waals surface area contributed by atoms with Crippen molar-refractivity contribution in [2.75, 3.05) is 5.32 Å². The predicted molar refractivity (Wildman–Crippen MR) is 74.1 cm³/mol. The van der Waals surface area contributed by atoms with Gasteiger partial charge in [-0.15, -0.1) is 0 Å². The first kappa shape index (κ1) is 14.6. The number of hydrogen-bond donors (Lipinski definition) is 2. The average molecular weight is 279 g/mol. The van der Waals surface area contributed by atoms with Crippen LogP contribution in [0.15, 0.2) is 10.6 Å². The summed E-state index contributed by atoms with van der Waals surface area (Å²) in [5, 5.41) is 8.85. The van der Waals surface area contributed by atoms with Crippen molar-refractivity contribution in [3.05, 3.63) is 11.8 Å². The third-order valence-electron chi connectivity index (χ3n) is 3.52. The van der Waals surface area contributed by atoms with Gasteiger partial charge in [0.2, 0.25) is 0 Å². The van der Waals surface area contributed by atoms with E-state index in [4.69, 9.17) is 4.52 Å². The number of rotatable bonds is 2. The molecule has 1 aromatic rings. The van der Waals surface area contributed by atoms with Gasteiger partial charge in [-0.05, 0) is 19.8 Å². The van der Waals surface area contributed by atoms with Crippen LogP contribution >= 0.6 is 0 Å². The van der Waals surface area contributed by atoms with Crippen LogP contribution in [0.5, 0.6) is 0 Å². The summed E-state index contributed by atoms with van der Waals surface area (Å²) in [6, 6.07) is 1.67. The maximum absolute atomic E-state index is 11.8. The quantitative estimate of drug-likeness (QED) is 0.812. The number of carbonyl (C=O) groups is 2. The normalized spacial score (nSPS) is 17.1. The summed E-state index contributed by atoms with van der Waals surface area (Å²) in [7, 11) is 0. The first-order valence-corrected chi connectivity index (χ1v) is 7.20. The fourth-order valence-corrected chi connectivity index (χ4v) is 2.45. The SMILES string of the molecule is Cc1cc(NC(=O)C(=O)NC2CCCCCCC2)no1. The smallest absolute Gasteiger partial charge is 0.314 e. The molecule has 1 heterocycles. The summed E-state index contributed by atoms with van der Waals surface area (Å²) in [5.74, 6) is -0.447. The Balaban J connectivity index is 1.82. The van der Waals surface area contributed by atoms with Gasteiger partial charge in [0.05, 0.1) is 0 Å². The van der Waals surface area contributed by atoms with E-state index in [1.54, 1.807) is 13.0 Å². The summed E-state index contributed by atoms with van der Waals surface area (Å²) in [6.45, 7) is 1.72. The molecule has 2 amide bonds. The molecule has 0 spiro atoms. The van der Waals surface area contributed by atoms with Crippen LogP contribution in [0, 0.1) is 6.92 Å². The number of hydrogen-bond acceptors (Lipinski definition) is 4. The number of carbonyl (C=O) groups excluding carboxylic acids is 2. The van der Waals surface area contributed by atoms with E-state index in [2.05, 4.69) is 15.8 Å². The Morgan fingerprint density at radius 3 is 2.40 bits per heavy atom. The Labute approximate surface area is 118 Å². The van der Waals surface area contributed by atoms with E-state index in [0.29, 0.717) is 5.76 Å². The molecule has 0 unspecified atom stereocenters. The van der Waals surface area contributed by atoms with Crippen LogP contribution in [0.1, 0.15) is 50.7 Å². The van der Waals surface area contributed by atoms with Gasteiger partial charge in [-0.1, -0.05) is 37.3 Å². The lowest BCUT2D eigenvalue weighted by molar-refractivity contribution is -0.136. The van der Waals surface area contributed by atoms with E-state index in [1.165, 1.54) is 19.3 Å².